The number of likely N-dealkylation sites (tertiary alicyclic amines) is 1. The molecule has 1 aromatic carbocycles. The lowest BCUT2D eigenvalue weighted by Gasteiger charge is -2.34. The van der Waals surface area contributed by atoms with Crippen LogP contribution in [0.25, 0.3) is 0 Å². The van der Waals surface area contributed by atoms with Crippen LogP contribution in [0.2, 0.25) is 0 Å². The van der Waals surface area contributed by atoms with E-state index in [0.29, 0.717) is 0 Å². The summed E-state index contributed by atoms with van der Waals surface area (Å²) < 4.78 is 0. The highest BCUT2D eigenvalue weighted by Crippen LogP contribution is 2.29. The van der Waals surface area contributed by atoms with E-state index in [9.17, 15) is 0 Å². The molecule has 0 aromatic heterocycles. The van der Waals surface area contributed by atoms with E-state index >= 15 is 0 Å². The van der Waals surface area contributed by atoms with Crippen LogP contribution in [0.5, 0.6) is 0 Å². The van der Waals surface area contributed by atoms with Crippen molar-refractivity contribution in [1.29, 1.82) is 0 Å². The van der Waals surface area contributed by atoms with E-state index in [1.54, 1.807) is 0 Å². The minimum Gasteiger partial charge on any atom is -0.316 e. The molecule has 98 valence electrons. The van der Waals surface area contributed by atoms with Gasteiger partial charge in [0.25, 0.3) is 0 Å². The number of hydrogen-bond acceptors (Lipinski definition) is 2. The first-order chi connectivity index (χ1) is 8.93. The van der Waals surface area contributed by atoms with E-state index in [2.05, 4.69) is 40.5 Å². The second kappa shape index (κ2) is 5.85. The standard InChI is InChI=1S/C16H24N2/c1-2-6-14(7-3-1)13-18-11-5-9-16(18)15-8-4-10-17-12-15/h1-3,6-7,15-17H,4-5,8-13H2. The minimum absolute atomic E-state index is 0.818. The summed E-state index contributed by atoms with van der Waals surface area (Å²) in [5.41, 5.74) is 1.47. The van der Waals surface area contributed by atoms with E-state index in [0.717, 1.165) is 18.5 Å². The van der Waals surface area contributed by atoms with Gasteiger partial charge in [-0.15, -0.1) is 0 Å². The lowest BCUT2D eigenvalue weighted by Crippen LogP contribution is -2.42. The van der Waals surface area contributed by atoms with E-state index in [1.807, 2.05) is 0 Å². The van der Waals surface area contributed by atoms with Crippen molar-refractivity contribution in [2.75, 3.05) is 19.6 Å². The van der Waals surface area contributed by atoms with Gasteiger partial charge in [0.1, 0.15) is 0 Å². The van der Waals surface area contributed by atoms with Crippen LogP contribution in [0.3, 0.4) is 0 Å². The van der Waals surface area contributed by atoms with E-state index in [-0.39, 0.29) is 0 Å². The zero-order valence-corrected chi connectivity index (χ0v) is 11.1. The van der Waals surface area contributed by atoms with Crippen molar-refractivity contribution in [3.8, 4) is 0 Å². The second-order valence-corrected chi connectivity index (χ2v) is 5.77. The molecule has 3 rings (SSSR count). The van der Waals surface area contributed by atoms with Gasteiger partial charge < -0.3 is 5.32 Å². The quantitative estimate of drug-likeness (QED) is 0.879. The topological polar surface area (TPSA) is 15.3 Å². The molecule has 1 N–H and O–H groups in total. The highest BCUT2D eigenvalue weighted by atomic mass is 15.2. The molecule has 2 unspecified atom stereocenters. The fourth-order valence-corrected chi connectivity index (χ4v) is 3.61. The number of nitrogens with zero attached hydrogens (tertiary/aromatic N) is 1. The third kappa shape index (κ3) is 2.76. The summed E-state index contributed by atoms with van der Waals surface area (Å²) in [6.45, 7) is 4.88. The predicted octanol–water partition coefficient (Wildman–Crippen LogP) is 2.65. The number of piperidine rings is 1. The molecule has 18 heavy (non-hydrogen) atoms. The van der Waals surface area contributed by atoms with Crippen LogP contribution in [0.15, 0.2) is 30.3 Å². The monoisotopic (exact) mass is 244 g/mol. The van der Waals surface area contributed by atoms with Gasteiger partial charge in [-0.1, -0.05) is 30.3 Å². The van der Waals surface area contributed by atoms with Crippen molar-refractivity contribution < 1.29 is 0 Å². The Bertz CT molecular complexity index is 357. The van der Waals surface area contributed by atoms with Gasteiger partial charge in [-0.2, -0.15) is 0 Å². The van der Waals surface area contributed by atoms with Crippen LogP contribution < -0.4 is 5.32 Å². The molecular formula is C16H24N2. The highest BCUT2D eigenvalue weighted by molar-refractivity contribution is 5.15. The second-order valence-electron chi connectivity index (χ2n) is 5.77. The van der Waals surface area contributed by atoms with E-state index in [1.165, 1.54) is 50.9 Å². The van der Waals surface area contributed by atoms with Gasteiger partial charge in [0.05, 0.1) is 0 Å². The molecule has 2 heteroatoms. The van der Waals surface area contributed by atoms with E-state index < -0.39 is 0 Å². The molecule has 2 aliphatic heterocycles. The molecule has 0 saturated carbocycles. The maximum Gasteiger partial charge on any atom is 0.0236 e. The van der Waals surface area contributed by atoms with Gasteiger partial charge in [0, 0.05) is 12.6 Å². The number of nitrogens with one attached hydrogen (secondary N) is 1. The first-order valence-electron chi connectivity index (χ1n) is 7.42. The van der Waals surface area contributed by atoms with Crippen molar-refractivity contribution >= 4 is 0 Å². The Hall–Kier alpha value is -0.860. The van der Waals surface area contributed by atoms with Crippen LogP contribution in [-0.2, 0) is 6.54 Å². The molecule has 2 saturated heterocycles. The normalized spacial score (nSPS) is 29.6. The SMILES string of the molecule is c1ccc(CN2CCCC2C2CCCNC2)cc1. The fourth-order valence-electron chi connectivity index (χ4n) is 3.61. The summed E-state index contributed by atoms with van der Waals surface area (Å²) in [6.07, 6.45) is 5.57. The van der Waals surface area contributed by atoms with Crippen LogP contribution in [0, 0.1) is 5.92 Å². The van der Waals surface area contributed by atoms with Crippen LogP contribution in [-0.4, -0.2) is 30.6 Å². The Morgan fingerprint density at radius 1 is 1.11 bits per heavy atom. The molecule has 2 atom stereocenters. The largest absolute Gasteiger partial charge is 0.316 e. The maximum atomic E-state index is 3.57. The summed E-state index contributed by atoms with van der Waals surface area (Å²) in [6, 6.07) is 11.8. The molecule has 0 radical (unpaired) electrons. The number of benzene rings is 1. The van der Waals surface area contributed by atoms with Crippen molar-refractivity contribution in [2.45, 2.75) is 38.3 Å². The average Bonchev–Trinajstić information content (AvgIpc) is 2.89. The van der Waals surface area contributed by atoms with E-state index in [4.69, 9.17) is 0 Å². The van der Waals surface area contributed by atoms with Gasteiger partial charge in [-0.05, 0) is 56.8 Å². The lowest BCUT2D eigenvalue weighted by molar-refractivity contribution is 0.159. The predicted molar refractivity (Wildman–Crippen MR) is 75.5 cm³/mol. The zero-order valence-electron chi connectivity index (χ0n) is 11.1. The van der Waals surface area contributed by atoms with Gasteiger partial charge in [0.2, 0.25) is 0 Å². The minimum atomic E-state index is 0.818. The van der Waals surface area contributed by atoms with Gasteiger partial charge in [-0.3, -0.25) is 4.90 Å². The van der Waals surface area contributed by atoms with Gasteiger partial charge in [-0.25, -0.2) is 0 Å². The van der Waals surface area contributed by atoms with Crippen molar-refractivity contribution in [1.82, 2.24) is 10.2 Å². The molecule has 2 aliphatic rings. The van der Waals surface area contributed by atoms with Gasteiger partial charge in [0.15, 0.2) is 0 Å². The Kier molecular flexibility index (Phi) is 3.96. The molecule has 0 spiro atoms. The molecule has 1 aromatic rings. The Morgan fingerprint density at radius 2 is 2.00 bits per heavy atom. The lowest BCUT2D eigenvalue weighted by atomic mass is 9.90. The molecule has 2 nitrogen and oxygen atoms in total. The van der Waals surface area contributed by atoms with Crippen molar-refractivity contribution in [3.05, 3.63) is 35.9 Å². The number of hydrogen-bond donors (Lipinski definition) is 1. The third-order valence-corrected chi connectivity index (χ3v) is 4.52. The van der Waals surface area contributed by atoms with Crippen LogP contribution >= 0.6 is 0 Å². The molecule has 0 amide bonds. The summed E-state index contributed by atoms with van der Waals surface area (Å²) in [7, 11) is 0. The highest BCUT2D eigenvalue weighted by Gasteiger charge is 2.32. The van der Waals surface area contributed by atoms with Crippen molar-refractivity contribution in [2.24, 2.45) is 5.92 Å². The summed E-state index contributed by atoms with van der Waals surface area (Å²) in [4.78, 5) is 2.72. The molecule has 0 bridgehead atoms. The molecule has 2 fully saturated rings. The summed E-state index contributed by atoms with van der Waals surface area (Å²) in [5.74, 6) is 0.880. The Balaban J connectivity index is 1.63. The molecular weight excluding hydrogens is 220 g/mol. The Morgan fingerprint density at radius 3 is 2.78 bits per heavy atom. The van der Waals surface area contributed by atoms with Gasteiger partial charge >= 0.3 is 0 Å². The van der Waals surface area contributed by atoms with Crippen LogP contribution in [0.4, 0.5) is 0 Å². The summed E-state index contributed by atoms with van der Waals surface area (Å²) >= 11 is 0. The first kappa shape index (κ1) is 12.2. The fraction of sp³-hybridized carbons (Fsp3) is 0.625. The molecule has 0 aliphatic carbocycles. The first-order valence-corrected chi connectivity index (χ1v) is 7.42. The number of rotatable bonds is 3. The molecule has 2 heterocycles. The zero-order chi connectivity index (χ0) is 12.2. The smallest absolute Gasteiger partial charge is 0.0236 e. The average molecular weight is 244 g/mol. The maximum absolute atomic E-state index is 3.57. The Labute approximate surface area is 110 Å². The third-order valence-electron chi connectivity index (χ3n) is 4.52. The van der Waals surface area contributed by atoms with Crippen molar-refractivity contribution in [3.63, 3.8) is 0 Å². The van der Waals surface area contributed by atoms with Crippen LogP contribution in [0.1, 0.15) is 31.2 Å². The summed E-state index contributed by atoms with van der Waals surface area (Å²) in [5, 5.41) is 3.57.